The standard InChI is InChI=1S/C14H21N3O3/c1-10(2)8-20-12-7-15-6-11(16-12)17-5-4-14(3,9-17)13(18)19/h6-7,10H,4-5,8-9H2,1-3H3,(H,18,19). The van der Waals surface area contributed by atoms with E-state index in [4.69, 9.17) is 4.74 Å². The van der Waals surface area contributed by atoms with E-state index in [2.05, 4.69) is 23.8 Å². The SMILES string of the molecule is CC(C)COc1cncc(N2CCC(C)(C(=O)O)C2)n1. The molecule has 1 unspecified atom stereocenters. The van der Waals surface area contributed by atoms with Crippen LogP contribution in [0.5, 0.6) is 5.88 Å². The Morgan fingerprint density at radius 3 is 2.90 bits per heavy atom. The van der Waals surface area contributed by atoms with Gasteiger partial charge in [-0.05, 0) is 19.3 Å². The molecule has 0 aliphatic carbocycles. The number of ether oxygens (including phenoxy) is 1. The summed E-state index contributed by atoms with van der Waals surface area (Å²) in [7, 11) is 0. The van der Waals surface area contributed by atoms with E-state index in [9.17, 15) is 9.90 Å². The van der Waals surface area contributed by atoms with Crippen LogP contribution in [0.25, 0.3) is 0 Å². The van der Waals surface area contributed by atoms with Crippen molar-refractivity contribution in [2.75, 3.05) is 24.6 Å². The first-order valence-electron chi connectivity index (χ1n) is 6.84. The zero-order valence-corrected chi connectivity index (χ0v) is 12.2. The molecule has 2 heterocycles. The molecule has 0 spiro atoms. The fourth-order valence-corrected chi connectivity index (χ4v) is 2.14. The molecule has 20 heavy (non-hydrogen) atoms. The largest absolute Gasteiger partial charge is 0.481 e. The van der Waals surface area contributed by atoms with Gasteiger partial charge in [-0.25, -0.2) is 0 Å². The average molecular weight is 279 g/mol. The molecule has 1 saturated heterocycles. The summed E-state index contributed by atoms with van der Waals surface area (Å²) in [5.74, 6) is 0.819. The molecule has 2 rings (SSSR count). The summed E-state index contributed by atoms with van der Waals surface area (Å²) >= 11 is 0. The molecule has 1 aromatic rings. The van der Waals surface area contributed by atoms with Gasteiger partial charge in [0.25, 0.3) is 0 Å². The first kappa shape index (κ1) is 14.6. The van der Waals surface area contributed by atoms with Gasteiger partial charge in [0.2, 0.25) is 5.88 Å². The maximum Gasteiger partial charge on any atom is 0.311 e. The zero-order valence-electron chi connectivity index (χ0n) is 12.2. The van der Waals surface area contributed by atoms with Gasteiger partial charge in [0, 0.05) is 13.1 Å². The van der Waals surface area contributed by atoms with Gasteiger partial charge in [-0.2, -0.15) is 4.98 Å². The number of carboxylic acids is 1. The maximum absolute atomic E-state index is 11.3. The fraction of sp³-hybridized carbons (Fsp3) is 0.643. The predicted octanol–water partition coefficient (Wildman–Crippen LogP) is 1.81. The van der Waals surface area contributed by atoms with Gasteiger partial charge < -0.3 is 14.7 Å². The Morgan fingerprint density at radius 1 is 1.55 bits per heavy atom. The minimum absolute atomic E-state index is 0.419. The van der Waals surface area contributed by atoms with Gasteiger partial charge in [0.15, 0.2) is 5.82 Å². The lowest BCUT2D eigenvalue weighted by Crippen LogP contribution is -2.32. The second-order valence-corrected chi connectivity index (χ2v) is 5.96. The van der Waals surface area contributed by atoms with Crippen LogP contribution in [0.15, 0.2) is 12.4 Å². The molecule has 6 heteroatoms. The summed E-state index contributed by atoms with van der Waals surface area (Å²) in [5.41, 5.74) is -0.712. The number of hydrogen-bond acceptors (Lipinski definition) is 5. The van der Waals surface area contributed by atoms with Gasteiger partial charge in [0.05, 0.1) is 24.4 Å². The summed E-state index contributed by atoms with van der Waals surface area (Å²) < 4.78 is 5.55. The zero-order chi connectivity index (χ0) is 14.8. The van der Waals surface area contributed by atoms with Crippen LogP contribution in [0, 0.1) is 11.3 Å². The first-order valence-corrected chi connectivity index (χ1v) is 6.84. The lowest BCUT2D eigenvalue weighted by atomic mass is 9.90. The highest BCUT2D eigenvalue weighted by molar-refractivity contribution is 5.76. The second kappa shape index (κ2) is 5.64. The smallest absolute Gasteiger partial charge is 0.311 e. The van der Waals surface area contributed by atoms with Gasteiger partial charge in [-0.3, -0.25) is 9.78 Å². The normalized spacial score (nSPS) is 22.3. The predicted molar refractivity (Wildman–Crippen MR) is 74.9 cm³/mol. The Bertz CT molecular complexity index is 492. The number of nitrogens with zero attached hydrogens (tertiary/aromatic N) is 3. The van der Waals surface area contributed by atoms with Crippen molar-refractivity contribution < 1.29 is 14.6 Å². The minimum atomic E-state index is -0.764. The van der Waals surface area contributed by atoms with Crippen LogP contribution in [0.4, 0.5) is 5.82 Å². The van der Waals surface area contributed by atoms with Crippen LogP contribution in [0.2, 0.25) is 0 Å². The van der Waals surface area contributed by atoms with Crippen molar-refractivity contribution in [2.45, 2.75) is 27.2 Å². The number of carboxylic acid groups (broad SMARTS) is 1. The molecule has 110 valence electrons. The Morgan fingerprint density at radius 2 is 2.30 bits per heavy atom. The van der Waals surface area contributed by atoms with E-state index < -0.39 is 11.4 Å². The fourth-order valence-electron chi connectivity index (χ4n) is 2.14. The third kappa shape index (κ3) is 3.18. The third-order valence-electron chi connectivity index (χ3n) is 3.48. The van der Waals surface area contributed by atoms with Gasteiger partial charge in [-0.15, -0.1) is 0 Å². The summed E-state index contributed by atoms with van der Waals surface area (Å²) in [6, 6.07) is 0. The Hall–Kier alpha value is -1.85. The number of aliphatic carboxylic acids is 1. The quantitative estimate of drug-likeness (QED) is 0.886. The summed E-state index contributed by atoms with van der Waals surface area (Å²) in [6.45, 7) is 7.61. The molecule has 0 saturated carbocycles. The highest BCUT2D eigenvalue weighted by atomic mass is 16.5. The Balaban J connectivity index is 2.07. The topological polar surface area (TPSA) is 75.5 Å². The van der Waals surface area contributed by atoms with Crippen LogP contribution in [-0.4, -0.2) is 40.7 Å². The van der Waals surface area contributed by atoms with Crippen LogP contribution in [-0.2, 0) is 4.79 Å². The average Bonchev–Trinajstić information content (AvgIpc) is 2.81. The summed E-state index contributed by atoms with van der Waals surface area (Å²) in [4.78, 5) is 21.7. The van der Waals surface area contributed by atoms with E-state index in [0.717, 1.165) is 0 Å². The molecular weight excluding hydrogens is 258 g/mol. The molecule has 0 radical (unpaired) electrons. The van der Waals surface area contributed by atoms with Crippen LogP contribution in [0.1, 0.15) is 27.2 Å². The molecule has 0 amide bonds. The molecule has 1 aromatic heterocycles. The van der Waals surface area contributed by atoms with E-state index in [1.807, 2.05) is 4.90 Å². The molecule has 0 aromatic carbocycles. The summed E-state index contributed by atoms with van der Waals surface area (Å²) in [5, 5.41) is 9.25. The lowest BCUT2D eigenvalue weighted by molar-refractivity contribution is -0.146. The second-order valence-electron chi connectivity index (χ2n) is 5.96. The van der Waals surface area contributed by atoms with Crippen LogP contribution >= 0.6 is 0 Å². The number of anilines is 1. The van der Waals surface area contributed by atoms with E-state index in [-0.39, 0.29) is 0 Å². The lowest BCUT2D eigenvalue weighted by Gasteiger charge is -2.21. The van der Waals surface area contributed by atoms with E-state index in [1.54, 1.807) is 19.3 Å². The van der Waals surface area contributed by atoms with Crippen molar-refractivity contribution in [3.8, 4) is 5.88 Å². The van der Waals surface area contributed by atoms with Gasteiger partial charge in [0.1, 0.15) is 0 Å². The monoisotopic (exact) mass is 279 g/mol. The minimum Gasteiger partial charge on any atom is -0.481 e. The highest BCUT2D eigenvalue weighted by Gasteiger charge is 2.41. The molecule has 1 aliphatic heterocycles. The van der Waals surface area contributed by atoms with Crippen LogP contribution in [0.3, 0.4) is 0 Å². The van der Waals surface area contributed by atoms with E-state index in [0.29, 0.717) is 43.7 Å². The molecule has 1 fully saturated rings. The molecule has 6 nitrogen and oxygen atoms in total. The van der Waals surface area contributed by atoms with E-state index >= 15 is 0 Å². The van der Waals surface area contributed by atoms with Crippen molar-refractivity contribution in [3.05, 3.63) is 12.4 Å². The number of rotatable bonds is 5. The van der Waals surface area contributed by atoms with Crippen molar-refractivity contribution in [1.82, 2.24) is 9.97 Å². The number of hydrogen-bond donors (Lipinski definition) is 1. The van der Waals surface area contributed by atoms with Crippen molar-refractivity contribution in [1.29, 1.82) is 0 Å². The highest BCUT2D eigenvalue weighted by Crippen LogP contribution is 2.32. The molecule has 1 atom stereocenters. The molecule has 1 aliphatic rings. The van der Waals surface area contributed by atoms with E-state index in [1.165, 1.54) is 0 Å². The van der Waals surface area contributed by atoms with Gasteiger partial charge >= 0.3 is 5.97 Å². The Kier molecular flexibility index (Phi) is 4.11. The molecular formula is C14H21N3O3. The van der Waals surface area contributed by atoms with Gasteiger partial charge in [-0.1, -0.05) is 13.8 Å². The third-order valence-corrected chi connectivity index (χ3v) is 3.48. The number of aromatic nitrogens is 2. The van der Waals surface area contributed by atoms with Crippen molar-refractivity contribution in [3.63, 3.8) is 0 Å². The first-order chi connectivity index (χ1) is 9.40. The molecule has 1 N–H and O–H groups in total. The Labute approximate surface area is 118 Å². The number of carbonyl (C=O) groups is 1. The van der Waals surface area contributed by atoms with Crippen molar-refractivity contribution in [2.24, 2.45) is 11.3 Å². The maximum atomic E-state index is 11.3. The molecule has 0 bridgehead atoms. The van der Waals surface area contributed by atoms with Crippen LogP contribution < -0.4 is 9.64 Å². The summed E-state index contributed by atoms with van der Waals surface area (Å²) in [6.07, 6.45) is 3.84. The van der Waals surface area contributed by atoms with Crippen molar-refractivity contribution >= 4 is 11.8 Å².